The zero-order chi connectivity index (χ0) is 42.6. The number of fused-ring (bicyclic) bond motifs is 3. The summed E-state index contributed by atoms with van der Waals surface area (Å²) in [5.74, 6) is -1.61. The minimum atomic E-state index is -4.51. The number of hydrogen-bond acceptors (Lipinski definition) is 12. The van der Waals surface area contributed by atoms with Gasteiger partial charge in [-0.3, -0.25) is 19.2 Å². The van der Waals surface area contributed by atoms with Gasteiger partial charge in [-0.1, -0.05) is 43.9 Å². The number of rotatable bonds is 7. The van der Waals surface area contributed by atoms with Crippen LogP contribution in [0.2, 0.25) is 0 Å². The zero-order valence-corrected chi connectivity index (χ0v) is 35.6. The number of nitrogens with one attached hydrogen (secondary N) is 4. The molecule has 0 bridgehead atoms. The number of nitrogens with zero attached hydrogens (tertiary/aromatic N) is 3. The summed E-state index contributed by atoms with van der Waals surface area (Å²) in [7, 11) is -2.94. The van der Waals surface area contributed by atoms with E-state index in [9.17, 15) is 27.6 Å². The summed E-state index contributed by atoms with van der Waals surface area (Å²) in [4.78, 5) is 66.0. The molecular formula is C43H51N7O8S2. The van der Waals surface area contributed by atoms with Crippen molar-refractivity contribution in [3.05, 3.63) is 66.6 Å². The van der Waals surface area contributed by atoms with Crippen molar-refractivity contribution in [1.82, 2.24) is 24.9 Å². The summed E-state index contributed by atoms with van der Waals surface area (Å²) in [5, 5.41) is 12.2. The fourth-order valence-electron chi connectivity index (χ4n) is 7.86. The molecule has 0 unspecified atom stereocenters. The first-order chi connectivity index (χ1) is 28.8. The lowest BCUT2D eigenvalue weighted by Crippen LogP contribution is -2.56. The van der Waals surface area contributed by atoms with Gasteiger partial charge in [0.1, 0.15) is 39.8 Å². The molecule has 3 aliphatic rings. The number of methoxy groups -OCH3 is 1. The Balaban J connectivity index is 1.18. The van der Waals surface area contributed by atoms with Crippen LogP contribution < -0.4 is 30.1 Å². The fourth-order valence-corrected chi connectivity index (χ4v) is 9.91. The standard InChI is InChI=1S/C43H51N7O8S2/c1-5-27-23-43(27)41(54)49-60(55,56)37-15-13-12-14-31(37)46-38(51)16-10-8-6-7-9-11-17-39(52)50-24-29(21-35(50)40(53)48-43)58-36-22-33(34-25-59-42(47-34)44-26(2)3)45-32-20-28(57-4)18-19-30(32)36/h5,12-15,18-20,22,25-27,29,35H,1,6-11,16-17,21,23-24H2,2-4H3,(H,44,47)(H,46,51)(H,48,53)(H,49,54)/t27-,29-,35+,43-/m1/s1. The third-order valence-electron chi connectivity index (χ3n) is 11.1. The van der Waals surface area contributed by atoms with Gasteiger partial charge >= 0.3 is 0 Å². The molecule has 4 aromatic rings. The third-order valence-corrected chi connectivity index (χ3v) is 13.3. The predicted molar refractivity (Wildman–Crippen MR) is 229 cm³/mol. The normalized spacial score (nSPS) is 24.1. The highest BCUT2D eigenvalue weighted by atomic mass is 32.2. The first-order valence-corrected chi connectivity index (χ1v) is 22.7. The second-order valence-corrected chi connectivity index (χ2v) is 18.4. The van der Waals surface area contributed by atoms with Crippen LogP contribution in [0.4, 0.5) is 10.8 Å². The van der Waals surface area contributed by atoms with Gasteiger partial charge in [-0.2, -0.15) is 0 Å². The van der Waals surface area contributed by atoms with Crippen molar-refractivity contribution < 1.29 is 37.1 Å². The molecule has 2 aromatic heterocycles. The van der Waals surface area contributed by atoms with Gasteiger partial charge in [-0.25, -0.2) is 23.1 Å². The van der Waals surface area contributed by atoms with E-state index >= 15 is 0 Å². The topological polar surface area (TPSA) is 198 Å². The first kappa shape index (κ1) is 42.6. The van der Waals surface area contributed by atoms with Gasteiger partial charge in [0.05, 0.1) is 30.6 Å². The van der Waals surface area contributed by atoms with E-state index in [0.717, 1.165) is 30.8 Å². The molecular weight excluding hydrogens is 807 g/mol. The SMILES string of the molecule is C=C[C@@H]1C[C@@]12NC(=O)[C@@H]1C[C@@H](Oc3cc(-c4csc(NC(C)C)n4)nc4cc(OC)ccc34)CN1C(=O)CCCCCCCCC(=O)Nc1ccccc1S(=O)(=O)NC2=O. The average molecular weight is 858 g/mol. The van der Waals surface area contributed by atoms with Crippen molar-refractivity contribution in [2.75, 3.05) is 24.3 Å². The van der Waals surface area contributed by atoms with Crippen LogP contribution in [0, 0.1) is 5.92 Å². The smallest absolute Gasteiger partial charge is 0.266 e. The van der Waals surface area contributed by atoms with Crippen molar-refractivity contribution in [1.29, 1.82) is 0 Å². The Morgan fingerprint density at radius 2 is 1.73 bits per heavy atom. The Labute approximate surface area is 353 Å². The molecule has 4 amide bonds. The number of hydrogen-bond donors (Lipinski definition) is 4. The highest BCUT2D eigenvalue weighted by molar-refractivity contribution is 7.90. The molecule has 1 spiro atoms. The van der Waals surface area contributed by atoms with Crippen molar-refractivity contribution in [3.63, 3.8) is 0 Å². The molecule has 0 radical (unpaired) electrons. The summed E-state index contributed by atoms with van der Waals surface area (Å²) in [6, 6.07) is 12.3. The quantitative estimate of drug-likeness (QED) is 0.155. The van der Waals surface area contributed by atoms with Crippen LogP contribution in [0.1, 0.15) is 78.1 Å². The van der Waals surface area contributed by atoms with E-state index in [1.165, 1.54) is 40.5 Å². The van der Waals surface area contributed by atoms with Gasteiger partial charge in [0, 0.05) is 54.1 Å². The molecule has 1 aliphatic carbocycles. The summed E-state index contributed by atoms with van der Waals surface area (Å²) >= 11 is 1.46. The van der Waals surface area contributed by atoms with E-state index in [4.69, 9.17) is 19.4 Å². The second-order valence-electron chi connectivity index (χ2n) is 15.9. The van der Waals surface area contributed by atoms with Gasteiger partial charge in [-0.05, 0) is 57.4 Å². The molecule has 15 nitrogen and oxygen atoms in total. The van der Waals surface area contributed by atoms with Crippen LogP contribution >= 0.6 is 11.3 Å². The number of ether oxygens (including phenoxy) is 2. The van der Waals surface area contributed by atoms with Gasteiger partial charge < -0.3 is 30.3 Å². The summed E-state index contributed by atoms with van der Waals surface area (Å²) < 4.78 is 41.8. The summed E-state index contributed by atoms with van der Waals surface area (Å²) in [6.45, 7) is 7.98. The number of amides is 4. The second kappa shape index (κ2) is 18.0. The van der Waals surface area contributed by atoms with Crippen LogP contribution in [0.15, 0.2) is 71.5 Å². The Bertz CT molecular complexity index is 2400. The Hall–Kier alpha value is -5.55. The zero-order valence-electron chi connectivity index (χ0n) is 34.0. The number of pyridine rings is 1. The van der Waals surface area contributed by atoms with Gasteiger partial charge in [0.2, 0.25) is 17.7 Å². The largest absolute Gasteiger partial charge is 0.497 e. The monoisotopic (exact) mass is 857 g/mol. The molecule has 4 N–H and O–H groups in total. The van der Waals surface area contributed by atoms with Gasteiger partial charge in [-0.15, -0.1) is 17.9 Å². The van der Waals surface area contributed by atoms with Gasteiger partial charge in [0.15, 0.2) is 5.13 Å². The van der Waals surface area contributed by atoms with Crippen LogP contribution in [-0.2, 0) is 29.2 Å². The number of para-hydroxylation sites is 1. The molecule has 1 saturated carbocycles. The van der Waals surface area contributed by atoms with Crippen molar-refractivity contribution in [3.8, 4) is 22.9 Å². The lowest BCUT2D eigenvalue weighted by molar-refractivity contribution is -0.139. The van der Waals surface area contributed by atoms with E-state index in [1.54, 1.807) is 13.2 Å². The van der Waals surface area contributed by atoms with Crippen LogP contribution in [0.3, 0.4) is 0 Å². The van der Waals surface area contributed by atoms with Crippen LogP contribution in [-0.4, -0.2) is 84.3 Å². The Morgan fingerprint density at radius 1 is 0.983 bits per heavy atom. The highest BCUT2D eigenvalue weighted by Gasteiger charge is 2.61. The van der Waals surface area contributed by atoms with E-state index in [1.807, 2.05) is 43.5 Å². The minimum absolute atomic E-state index is 0.0432. The Morgan fingerprint density at radius 3 is 2.47 bits per heavy atom. The number of thiazole rings is 1. The predicted octanol–water partition coefficient (Wildman–Crippen LogP) is 6.17. The molecule has 7 rings (SSSR count). The summed E-state index contributed by atoms with van der Waals surface area (Å²) in [6.07, 6.45) is 5.98. The maximum Gasteiger partial charge on any atom is 0.266 e. The summed E-state index contributed by atoms with van der Waals surface area (Å²) in [5.41, 5.74) is 0.235. The molecule has 1 saturated heterocycles. The van der Waals surface area contributed by atoms with Gasteiger partial charge in [0.25, 0.3) is 15.9 Å². The molecule has 2 aliphatic heterocycles. The number of carbonyl (C=O) groups excluding carboxylic acids is 4. The van der Waals surface area contributed by atoms with Crippen LogP contribution in [0.5, 0.6) is 11.5 Å². The van der Waals surface area contributed by atoms with Crippen molar-refractivity contribution in [2.24, 2.45) is 5.92 Å². The average Bonchev–Trinajstić information content (AvgIpc) is 3.48. The molecule has 2 fully saturated rings. The maximum atomic E-state index is 14.4. The molecule has 318 valence electrons. The number of benzene rings is 2. The first-order valence-electron chi connectivity index (χ1n) is 20.4. The maximum absolute atomic E-state index is 14.4. The lowest BCUT2D eigenvalue weighted by atomic mass is 10.1. The van der Waals surface area contributed by atoms with E-state index in [2.05, 4.69) is 27.3 Å². The molecule has 4 atom stereocenters. The Kier molecular flexibility index (Phi) is 12.8. The number of aromatic nitrogens is 2. The lowest BCUT2D eigenvalue weighted by Gasteiger charge is -2.26. The fraction of sp³-hybridized carbons (Fsp3) is 0.442. The van der Waals surface area contributed by atoms with E-state index in [-0.39, 0.29) is 60.7 Å². The number of anilines is 2. The molecule has 17 heteroatoms. The molecule has 60 heavy (non-hydrogen) atoms. The van der Waals surface area contributed by atoms with Crippen molar-refractivity contribution in [2.45, 2.75) is 107 Å². The number of sulfonamides is 1. The van der Waals surface area contributed by atoms with Crippen LogP contribution in [0.25, 0.3) is 22.3 Å². The molecule has 4 heterocycles. The third kappa shape index (κ3) is 9.41. The minimum Gasteiger partial charge on any atom is -0.497 e. The van der Waals surface area contributed by atoms with E-state index in [0.29, 0.717) is 46.6 Å². The number of carbonyl (C=O) groups is 4. The van der Waals surface area contributed by atoms with Crippen molar-refractivity contribution >= 4 is 66.7 Å². The molecule has 2 aromatic carbocycles. The highest BCUT2D eigenvalue weighted by Crippen LogP contribution is 2.45. The van der Waals surface area contributed by atoms with E-state index < -0.39 is 45.4 Å².